The van der Waals surface area contributed by atoms with E-state index >= 15 is 0 Å². The van der Waals surface area contributed by atoms with Crippen LogP contribution in [0.25, 0.3) is 83.4 Å². The van der Waals surface area contributed by atoms with Crippen LogP contribution in [0.1, 0.15) is 6.42 Å². The Balaban J connectivity index is 0.973. The second-order valence-electron chi connectivity index (χ2n) is 14.9. The lowest BCUT2D eigenvalue weighted by molar-refractivity contribution is 0.838. The van der Waals surface area contributed by atoms with Gasteiger partial charge in [-0.1, -0.05) is 164 Å². The van der Waals surface area contributed by atoms with Crippen molar-refractivity contribution in [2.24, 2.45) is 0 Å². The van der Waals surface area contributed by atoms with Crippen LogP contribution in [0.2, 0.25) is 0 Å². The first-order chi connectivity index (χ1) is 27.8. The third-order valence-electron chi connectivity index (χ3n) is 11.7. The van der Waals surface area contributed by atoms with Crippen LogP contribution in [-0.4, -0.2) is 10.6 Å². The van der Waals surface area contributed by atoms with Gasteiger partial charge in [0.25, 0.3) is 0 Å². The third kappa shape index (κ3) is 5.41. The molecule has 9 aromatic carbocycles. The van der Waals surface area contributed by atoms with Crippen molar-refractivity contribution in [1.82, 2.24) is 4.57 Å². The number of fused-ring (bicyclic) bond motifs is 8. The zero-order chi connectivity index (χ0) is 37.0. The average molecular weight is 715 g/mol. The normalized spacial score (nSPS) is 13.8. The van der Waals surface area contributed by atoms with Crippen LogP contribution in [0.3, 0.4) is 0 Å². The molecule has 10 aromatic rings. The van der Waals surface area contributed by atoms with Crippen LogP contribution in [0.5, 0.6) is 0 Å². The van der Waals surface area contributed by atoms with Crippen molar-refractivity contribution >= 4 is 66.9 Å². The number of anilines is 2. The molecule has 11 rings (SSSR count). The molecule has 2 heteroatoms. The van der Waals surface area contributed by atoms with Crippen molar-refractivity contribution in [2.45, 2.75) is 12.5 Å². The van der Waals surface area contributed by atoms with Crippen molar-refractivity contribution < 1.29 is 0 Å². The van der Waals surface area contributed by atoms with Gasteiger partial charge in [0.15, 0.2) is 0 Å². The summed E-state index contributed by atoms with van der Waals surface area (Å²) in [5.74, 6) is 0. The average Bonchev–Trinajstić information content (AvgIpc) is 3.62. The van der Waals surface area contributed by atoms with E-state index in [4.69, 9.17) is 0 Å². The van der Waals surface area contributed by atoms with Crippen LogP contribution in [-0.2, 0) is 0 Å². The van der Waals surface area contributed by atoms with Gasteiger partial charge in [-0.15, -0.1) is 0 Å². The fraction of sp³-hybridized carbons (Fsp3) is 0.0370. The van der Waals surface area contributed by atoms with E-state index in [1.54, 1.807) is 0 Å². The fourth-order valence-corrected chi connectivity index (χ4v) is 9.01. The first kappa shape index (κ1) is 32.3. The lowest BCUT2D eigenvalue weighted by atomic mass is 9.96. The van der Waals surface area contributed by atoms with Gasteiger partial charge in [0.2, 0.25) is 0 Å². The van der Waals surface area contributed by atoms with Gasteiger partial charge >= 0.3 is 0 Å². The molecule has 0 fully saturated rings. The molecule has 0 saturated carbocycles. The van der Waals surface area contributed by atoms with E-state index in [1.165, 1.54) is 87.4 Å². The molecule has 0 bridgehead atoms. The fourth-order valence-electron chi connectivity index (χ4n) is 9.01. The standard InChI is InChI=1S/C54H38N2/c1-2-11-37(12-3-1)42-15-10-16-46(35-42)55(47-32-33-49-43(36-47)22-21-40-13-4-6-17-48(40)49)44-28-23-38(24-29-44)39-25-30-45(31-26-39)56-52-20-9-8-19-51(52)54-50-18-7-5-14-41(50)27-34-53(54)56/h1-31,33-36,47H,32H2. The Kier molecular flexibility index (Phi) is 7.67. The van der Waals surface area contributed by atoms with Crippen LogP contribution in [0.15, 0.2) is 200 Å². The molecule has 56 heavy (non-hydrogen) atoms. The predicted molar refractivity (Wildman–Crippen MR) is 238 cm³/mol. The van der Waals surface area contributed by atoms with E-state index in [0.29, 0.717) is 0 Å². The molecule has 2 nitrogen and oxygen atoms in total. The molecular weight excluding hydrogens is 677 g/mol. The van der Waals surface area contributed by atoms with Gasteiger partial charge < -0.3 is 9.47 Å². The molecular formula is C54H38N2. The molecule has 0 spiro atoms. The van der Waals surface area contributed by atoms with E-state index in [-0.39, 0.29) is 6.04 Å². The monoisotopic (exact) mass is 714 g/mol. The van der Waals surface area contributed by atoms with Crippen LogP contribution in [0, 0.1) is 0 Å². The number of hydrogen-bond acceptors (Lipinski definition) is 1. The number of benzene rings is 9. The molecule has 1 unspecified atom stereocenters. The smallest absolute Gasteiger partial charge is 0.0566 e. The molecule has 1 aliphatic rings. The molecule has 264 valence electrons. The summed E-state index contributed by atoms with van der Waals surface area (Å²) in [6.45, 7) is 0. The highest BCUT2D eigenvalue weighted by Gasteiger charge is 2.21. The minimum Gasteiger partial charge on any atom is -0.334 e. The van der Waals surface area contributed by atoms with Gasteiger partial charge in [0.1, 0.15) is 0 Å². The van der Waals surface area contributed by atoms with Crippen molar-refractivity contribution in [3.05, 3.63) is 211 Å². The summed E-state index contributed by atoms with van der Waals surface area (Å²) in [5, 5.41) is 10.4. The lowest BCUT2D eigenvalue weighted by Gasteiger charge is -2.33. The number of aromatic nitrogens is 1. The lowest BCUT2D eigenvalue weighted by Crippen LogP contribution is -2.38. The molecule has 1 atom stereocenters. The molecule has 0 amide bonds. The molecule has 1 aromatic heterocycles. The molecule has 0 radical (unpaired) electrons. The summed E-state index contributed by atoms with van der Waals surface area (Å²) in [6.07, 6.45) is 5.81. The van der Waals surface area contributed by atoms with Gasteiger partial charge in [-0.3, -0.25) is 0 Å². The summed E-state index contributed by atoms with van der Waals surface area (Å²) >= 11 is 0. The Morgan fingerprint density at radius 3 is 1.86 bits per heavy atom. The topological polar surface area (TPSA) is 8.17 Å². The first-order valence-electron chi connectivity index (χ1n) is 19.5. The largest absolute Gasteiger partial charge is 0.334 e. The van der Waals surface area contributed by atoms with E-state index in [9.17, 15) is 0 Å². The molecule has 0 aliphatic heterocycles. The summed E-state index contributed by atoms with van der Waals surface area (Å²) in [4.78, 5) is 2.51. The van der Waals surface area contributed by atoms with E-state index in [1.807, 2.05) is 0 Å². The number of para-hydroxylation sites is 1. The van der Waals surface area contributed by atoms with E-state index in [0.717, 1.165) is 12.1 Å². The molecule has 0 saturated heterocycles. The van der Waals surface area contributed by atoms with Crippen molar-refractivity contribution in [1.29, 1.82) is 0 Å². The van der Waals surface area contributed by atoms with Crippen molar-refractivity contribution in [3.8, 4) is 27.9 Å². The van der Waals surface area contributed by atoms with E-state index < -0.39 is 0 Å². The maximum absolute atomic E-state index is 2.51. The van der Waals surface area contributed by atoms with Gasteiger partial charge in [0, 0.05) is 27.8 Å². The second-order valence-corrected chi connectivity index (χ2v) is 14.9. The highest BCUT2D eigenvalue weighted by atomic mass is 15.2. The summed E-state index contributed by atoms with van der Waals surface area (Å²) in [6, 6.07) is 73.3. The van der Waals surface area contributed by atoms with Crippen LogP contribution >= 0.6 is 0 Å². The Labute approximate surface area is 326 Å². The Hall–Kier alpha value is -7.16. The zero-order valence-corrected chi connectivity index (χ0v) is 30.9. The number of hydrogen-bond donors (Lipinski definition) is 0. The Bertz CT molecular complexity index is 3210. The third-order valence-corrected chi connectivity index (χ3v) is 11.7. The maximum atomic E-state index is 2.51. The molecule has 1 aliphatic carbocycles. The summed E-state index contributed by atoms with van der Waals surface area (Å²) in [5.41, 5.74) is 10.8. The highest BCUT2D eigenvalue weighted by molar-refractivity contribution is 6.21. The number of nitrogens with zero attached hydrogens (tertiary/aromatic N) is 2. The van der Waals surface area contributed by atoms with Gasteiger partial charge in [0.05, 0.1) is 17.1 Å². The molecule has 1 heterocycles. The van der Waals surface area contributed by atoms with Gasteiger partial charge in [-0.2, -0.15) is 0 Å². The Morgan fingerprint density at radius 2 is 1.05 bits per heavy atom. The Morgan fingerprint density at radius 1 is 0.429 bits per heavy atom. The second kappa shape index (κ2) is 13.3. The predicted octanol–water partition coefficient (Wildman–Crippen LogP) is 12.6. The van der Waals surface area contributed by atoms with E-state index in [2.05, 4.69) is 222 Å². The quantitative estimate of drug-likeness (QED) is 0.166. The van der Waals surface area contributed by atoms with Gasteiger partial charge in [-0.05, 0) is 109 Å². The zero-order valence-electron chi connectivity index (χ0n) is 30.9. The SMILES string of the molecule is C1=c2ccc3ccccc3c2=CCC1N(c1ccc(-c2ccc(-n3c4ccccc4c4c5ccccc5ccc43)cc2)cc1)c1cccc(-c2ccccc2)c1. The van der Waals surface area contributed by atoms with Gasteiger partial charge in [-0.25, -0.2) is 0 Å². The minimum absolute atomic E-state index is 0.156. The van der Waals surface area contributed by atoms with Crippen LogP contribution in [0.4, 0.5) is 11.4 Å². The summed E-state index contributed by atoms with van der Waals surface area (Å²) < 4.78 is 2.41. The highest BCUT2D eigenvalue weighted by Crippen LogP contribution is 2.38. The maximum Gasteiger partial charge on any atom is 0.0566 e. The summed E-state index contributed by atoms with van der Waals surface area (Å²) in [7, 11) is 0. The van der Waals surface area contributed by atoms with Crippen LogP contribution < -0.4 is 15.3 Å². The van der Waals surface area contributed by atoms with Crippen molar-refractivity contribution in [2.75, 3.05) is 4.90 Å². The van der Waals surface area contributed by atoms with Crippen molar-refractivity contribution in [3.63, 3.8) is 0 Å². The molecule has 0 N–H and O–H groups in total. The first-order valence-corrected chi connectivity index (χ1v) is 19.5. The number of rotatable bonds is 6. The minimum atomic E-state index is 0.156.